The average Bonchev–Trinajstić information content (AvgIpc) is 2.15. The van der Waals surface area contributed by atoms with Crippen LogP contribution in [0, 0.1) is 11.8 Å². The number of nitrogens with one attached hydrogen (secondary N) is 1. The zero-order valence-electron chi connectivity index (χ0n) is 8.14. The molecular weight excluding hydrogens is 182 g/mol. The van der Waals surface area contributed by atoms with Crippen LogP contribution in [0.5, 0.6) is 0 Å². The van der Waals surface area contributed by atoms with Gasteiger partial charge in [0.05, 0.1) is 0 Å². The van der Waals surface area contributed by atoms with Gasteiger partial charge in [0.25, 0.3) is 0 Å². The molecule has 1 heterocycles. The van der Waals surface area contributed by atoms with Gasteiger partial charge < -0.3 is 5.32 Å². The maximum atomic E-state index is 11.0. The first-order valence-electron chi connectivity index (χ1n) is 4.81. The van der Waals surface area contributed by atoms with Crippen LogP contribution in [0.1, 0.15) is 26.2 Å². The molecule has 0 amide bonds. The zero-order chi connectivity index (χ0) is 9.52. The molecule has 0 aromatic carbocycles. The summed E-state index contributed by atoms with van der Waals surface area (Å²) in [4.78, 5) is 0. The maximum absolute atomic E-state index is 11.0. The molecule has 1 N–H and O–H groups in total. The Bertz CT molecular complexity index is 219. The normalized spacial score (nSPS) is 27.8. The van der Waals surface area contributed by atoms with Crippen molar-refractivity contribution < 1.29 is 4.21 Å². The SMILES string of the molecule is CC#CCCNC1CCS(=O)CC1. The first-order valence-corrected chi connectivity index (χ1v) is 6.29. The van der Waals surface area contributed by atoms with Crippen LogP contribution in [-0.2, 0) is 10.8 Å². The van der Waals surface area contributed by atoms with Crippen molar-refractivity contribution in [1.29, 1.82) is 0 Å². The van der Waals surface area contributed by atoms with Crippen LogP contribution in [0.3, 0.4) is 0 Å². The van der Waals surface area contributed by atoms with Crippen molar-refractivity contribution in [2.75, 3.05) is 18.1 Å². The van der Waals surface area contributed by atoms with Crippen molar-refractivity contribution in [3.63, 3.8) is 0 Å². The Hall–Kier alpha value is -0.330. The molecule has 0 saturated carbocycles. The Kier molecular flexibility index (Phi) is 5.10. The topological polar surface area (TPSA) is 29.1 Å². The second-order valence-corrected chi connectivity index (χ2v) is 4.95. The third-order valence-electron chi connectivity index (χ3n) is 2.25. The largest absolute Gasteiger partial charge is 0.313 e. The molecule has 0 aromatic heterocycles. The molecule has 1 saturated heterocycles. The molecule has 0 spiro atoms. The third kappa shape index (κ3) is 4.44. The molecule has 0 aliphatic carbocycles. The molecule has 0 bridgehead atoms. The summed E-state index contributed by atoms with van der Waals surface area (Å²) < 4.78 is 11.0. The van der Waals surface area contributed by atoms with Gasteiger partial charge in [-0.25, -0.2) is 0 Å². The highest BCUT2D eigenvalue weighted by Gasteiger charge is 2.16. The maximum Gasteiger partial charge on any atom is 0.0249 e. The second kappa shape index (κ2) is 6.17. The molecule has 0 aromatic rings. The van der Waals surface area contributed by atoms with Crippen LogP contribution in [0.2, 0.25) is 0 Å². The van der Waals surface area contributed by atoms with E-state index in [1.165, 1.54) is 0 Å². The fourth-order valence-corrected chi connectivity index (χ4v) is 2.76. The van der Waals surface area contributed by atoms with Gasteiger partial charge in [0.15, 0.2) is 0 Å². The summed E-state index contributed by atoms with van der Waals surface area (Å²) in [5.41, 5.74) is 0. The van der Waals surface area contributed by atoms with Crippen molar-refractivity contribution >= 4 is 10.8 Å². The van der Waals surface area contributed by atoms with E-state index in [-0.39, 0.29) is 0 Å². The van der Waals surface area contributed by atoms with E-state index in [2.05, 4.69) is 17.2 Å². The first-order chi connectivity index (χ1) is 6.33. The van der Waals surface area contributed by atoms with Gasteiger partial charge in [0, 0.05) is 41.3 Å². The summed E-state index contributed by atoms with van der Waals surface area (Å²) in [6.07, 6.45) is 3.05. The average molecular weight is 199 g/mol. The second-order valence-electron chi connectivity index (χ2n) is 3.25. The molecule has 0 unspecified atom stereocenters. The van der Waals surface area contributed by atoms with E-state index in [1.54, 1.807) is 0 Å². The lowest BCUT2D eigenvalue weighted by atomic mass is 10.1. The molecule has 3 heteroatoms. The van der Waals surface area contributed by atoms with Gasteiger partial charge in [-0.3, -0.25) is 4.21 Å². The van der Waals surface area contributed by atoms with Gasteiger partial charge in [0.1, 0.15) is 0 Å². The molecular formula is C10H17NOS. The summed E-state index contributed by atoms with van der Waals surface area (Å²) in [6.45, 7) is 2.84. The summed E-state index contributed by atoms with van der Waals surface area (Å²) in [5, 5.41) is 3.44. The summed E-state index contributed by atoms with van der Waals surface area (Å²) in [5.74, 6) is 7.64. The highest BCUT2D eigenvalue weighted by Crippen LogP contribution is 2.08. The molecule has 2 nitrogen and oxygen atoms in total. The number of rotatable bonds is 3. The lowest BCUT2D eigenvalue weighted by Gasteiger charge is -2.21. The minimum Gasteiger partial charge on any atom is -0.313 e. The van der Waals surface area contributed by atoms with E-state index >= 15 is 0 Å². The molecule has 1 aliphatic rings. The van der Waals surface area contributed by atoms with Gasteiger partial charge in [0.2, 0.25) is 0 Å². The van der Waals surface area contributed by atoms with Gasteiger partial charge in [-0.2, -0.15) is 0 Å². The van der Waals surface area contributed by atoms with Crippen LogP contribution < -0.4 is 5.32 Å². The van der Waals surface area contributed by atoms with Crippen molar-refractivity contribution in [2.24, 2.45) is 0 Å². The van der Waals surface area contributed by atoms with E-state index < -0.39 is 10.8 Å². The van der Waals surface area contributed by atoms with Crippen LogP contribution in [0.25, 0.3) is 0 Å². The van der Waals surface area contributed by atoms with E-state index in [9.17, 15) is 4.21 Å². The summed E-state index contributed by atoms with van der Waals surface area (Å²) in [6, 6.07) is 0.580. The predicted octanol–water partition coefficient (Wildman–Crippen LogP) is 0.901. The summed E-state index contributed by atoms with van der Waals surface area (Å²) >= 11 is 0. The van der Waals surface area contributed by atoms with Crippen LogP contribution >= 0.6 is 0 Å². The van der Waals surface area contributed by atoms with Gasteiger partial charge in [-0.05, 0) is 19.8 Å². The monoisotopic (exact) mass is 199 g/mol. The Labute approximate surface area is 82.9 Å². The minimum atomic E-state index is -0.538. The van der Waals surface area contributed by atoms with E-state index in [4.69, 9.17) is 0 Å². The van der Waals surface area contributed by atoms with Crippen LogP contribution in [0.15, 0.2) is 0 Å². The standard InChI is InChI=1S/C10H17NOS/c1-2-3-4-7-11-10-5-8-13(12)9-6-10/h10-11H,4-9H2,1H3. The molecule has 74 valence electrons. The van der Waals surface area contributed by atoms with Gasteiger partial charge in [-0.1, -0.05) is 0 Å². The lowest BCUT2D eigenvalue weighted by Crippen LogP contribution is -2.36. The molecule has 1 aliphatic heterocycles. The quantitative estimate of drug-likeness (QED) is 0.540. The molecule has 13 heavy (non-hydrogen) atoms. The van der Waals surface area contributed by atoms with Crippen molar-refractivity contribution in [3.8, 4) is 11.8 Å². The zero-order valence-corrected chi connectivity index (χ0v) is 8.95. The Balaban J connectivity index is 2.07. The van der Waals surface area contributed by atoms with Gasteiger partial charge in [-0.15, -0.1) is 11.8 Å². The fraction of sp³-hybridized carbons (Fsp3) is 0.800. The van der Waals surface area contributed by atoms with E-state index in [1.807, 2.05) is 6.92 Å². The van der Waals surface area contributed by atoms with E-state index in [0.29, 0.717) is 6.04 Å². The lowest BCUT2D eigenvalue weighted by molar-refractivity contribution is 0.482. The number of hydrogen-bond donors (Lipinski definition) is 1. The number of hydrogen-bond acceptors (Lipinski definition) is 2. The van der Waals surface area contributed by atoms with Crippen LogP contribution in [-0.4, -0.2) is 28.3 Å². The summed E-state index contributed by atoms with van der Waals surface area (Å²) in [7, 11) is -0.538. The smallest absolute Gasteiger partial charge is 0.0249 e. The minimum absolute atomic E-state index is 0.538. The van der Waals surface area contributed by atoms with Crippen molar-refractivity contribution in [1.82, 2.24) is 5.32 Å². The molecule has 0 radical (unpaired) electrons. The molecule has 1 fully saturated rings. The first kappa shape index (κ1) is 10.7. The Morgan fingerprint density at radius 3 is 2.77 bits per heavy atom. The fourth-order valence-electron chi connectivity index (χ4n) is 1.46. The van der Waals surface area contributed by atoms with Crippen molar-refractivity contribution in [3.05, 3.63) is 0 Å². The highest BCUT2D eigenvalue weighted by molar-refractivity contribution is 7.85. The molecule has 0 atom stereocenters. The Morgan fingerprint density at radius 2 is 2.15 bits per heavy atom. The third-order valence-corrected chi connectivity index (χ3v) is 3.63. The van der Waals surface area contributed by atoms with Gasteiger partial charge >= 0.3 is 0 Å². The molecule has 1 rings (SSSR count). The van der Waals surface area contributed by atoms with E-state index in [0.717, 1.165) is 37.3 Å². The Morgan fingerprint density at radius 1 is 1.46 bits per heavy atom. The van der Waals surface area contributed by atoms with Crippen LogP contribution in [0.4, 0.5) is 0 Å². The van der Waals surface area contributed by atoms with Crippen molar-refractivity contribution in [2.45, 2.75) is 32.2 Å². The highest BCUT2D eigenvalue weighted by atomic mass is 32.2. The predicted molar refractivity (Wildman–Crippen MR) is 57.0 cm³/mol.